The predicted molar refractivity (Wildman–Crippen MR) is 80.4 cm³/mol. The van der Waals surface area contributed by atoms with Gasteiger partial charge in [-0.05, 0) is 32.0 Å². The SMILES string of the molecule is C#CC[C@@H](O[Si](C)(C)C(C)(C)C)[C@H]1COC(C)(C)O1. The van der Waals surface area contributed by atoms with Crippen LogP contribution >= 0.6 is 0 Å². The van der Waals surface area contributed by atoms with Crippen LogP contribution in [0.5, 0.6) is 0 Å². The highest BCUT2D eigenvalue weighted by atomic mass is 28.4. The molecular weight excluding hydrogens is 256 g/mol. The van der Waals surface area contributed by atoms with Gasteiger partial charge in [0.05, 0.1) is 12.7 Å². The van der Waals surface area contributed by atoms with E-state index in [1.165, 1.54) is 0 Å². The van der Waals surface area contributed by atoms with Crippen molar-refractivity contribution >= 4 is 8.32 Å². The van der Waals surface area contributed by atoms with Crippen LogP contribution in [0.4, 0.5) is 0 Å². The number of terminal acetylenes is 1. The summed E-state index contributed by atoms with van der Waals surface area (Å²) in [5.74, 6) is 2.17. The second-order valence-electron chi connectivity index (χ2n) is 7.19. The smallest absolute Gasteiger partial charge is 0.192 e. The first-order chi connectivity index (χ1) is 8.48. The number of hydrogen-bond acceptors (Lipinski definition) is 3. The van der Waals surface area contributed by atoms with E-state index < -0.39 is 14.1 Å². The Morgan fingerprint density at radius 1 is 1.42 bits per heavy atom. The molecule has 0 unspecified atom stereocenters. The van der Waals surface area contributed by atoms with Crippen molar-refractivity contribution in [3.05, 3.63) is 0 Å². The van der Waals surface area contributed by atoms with E-state index in [1.807, 2.05) is 13.8 Å². The molecule has 19 heavy (non-hydrogen) atoms. The van der Waals surface area contributed by atoms with Crippen LogP contribution in [0, 0.1) is 12.3 Å². The van der Waals surface area contributed by atoms with Gasteiger partial charge < -0.3 is 13.9 Å². The highest BCUT2D eigenvalue weighted by molar-refractivity contribution is 6.74. The molecule has 1 heterocycles. The van der Waals surface area contributed by atoms with E-state index in [9.17, 15) is 0 Å². The molecule has 1 saturated heterocycles. The molecule has 0 aliphatic carbocycles. The van der Waals surface area contributed by atoms with E-state index >= 15 is 0 Å². The molecular formula is C15H28O3Si. The van der Waals surface area contributed by atoms with Crippen LogP contribution in [0.2, 0.25) is 18.1 Å². The number of ether oxygens (including phenoxy) is 2. The molecule has 0 radical (unpaired) electrons. The average Bonchev–Trinajstić information content (AvgIpc) is 2.56. The molecule has 2 atom stereocenters. The molecule has 0 N–H and O–H groups in total. The highest BCUT2D eigenvalue weighted by Gasteiger charge is 2.44. The van der Waals surface area contributed by atoms with E-state index in [1.54, 1.807) is 0 Å². The Bertz CT molecular complexity index is 349. The van der Waals surface area contributed by atoms with E-state index in [0.717, 1.165) is 0 Å². The molecule has 4 heteroatoms. The molecule has 3 nitrogen and oxygen atoms in total. The van der Waals surface area contributed by atoms with E-state index in [2.05, 4.69) is 39.8 Å². The van der Waals surface area contributed by atoms with Crippen LogP contribution in [0.25, 0.3) is 0 Å². The molecule has 0 amide bonds. The molecule has 1 fully saturated rings. The van der Waals surface area contributed by atoms with Gasteiger partial charge >= 0.3 is 0 Å². The topological polar surface area (TPSA) is 27.7 Å². The molecule has 1 rings (SSSR count). The van der Waals surface area contributed by atoms with Crippen molar-refractivity contribution in [2.45, 2.75) is 77.2 Å². The zero-order valence-corrected chi connectivity index (χ0v) is 14.4. The van der Waals surface area contributed by atoms with Gasteiger partial charge in [0.25, 0.3) is 0 Å². The Labute approximate surface area is 119 Å². The summed E-state index contributed by atoms with van der Waals surface area (Å²) in [5.41, 5.74) is 0. The van der Waals surface area contributed by atoms with Crippen LogP contribution in [0.1, 0.15) is 41.0 Å². The fourth-order valence-electron chi connectivity index (χ4n) is 1.82. The Balaban J connectivity index is 2.78. The summed E-state index contributed by atoms with van der Waals surface area (Å²) in [5, 5.41) is 0.162. The second kappa shape index (κ2) is 5.57. The summed E-state index contributed by atoms with van der Waals surface area (Å²) < 4.78 is 17.9. The van der Waals surface area contributed by atoms with Gasteiger partial charge in [-0.25, -0.2) is 0 Å². The van der Waals surface area contributed by atoms with Crippen molar-refractivity contribution in [2.75, 3.05) is 6.61 Å². The summed E-state index contributed by atoms with van der Waals surface area (Å²) in [4.78, 5) is 0. The van der Waals surface area contributed by atoms with Crippen molar-refractivity contribution in [2.24, 2.45) is 0 Å². The Morgan fingerprint density at radius 2 is 2.00 bits per heavy atom. The highest BCUT2D eigenvalue weighted by Crippen LogP contribution is 2.39. The maximum Gasteiger partial charge on any atom is 0.192 e. The largest absolute Gasteiger partial charge is 0.410 e. The molecule has 1 aliphatic rings. The van der Waals surface area contributed by atoms with Gasteiger partial charge in [0.15, 0.2) is 14.1 Å². The first kappa shape index (κ1) is 16.7. The summed E-state index contributed by atoms with van der Waals surface area (Å²) >= 11 is 0. The monoisotopic (exact) mass is 284 g/mol. The van der Waals surface area contributed by atoms with Crippen LogP contribution in [0.15, 0.2) is 0 Å². The van der Waals surface area contributed by atoms with Gasteiger partial charge in [-0.2, -0.15) is 0 Å². The molecule has 110 valence electrons. The van der Waals surface area contributed by atoms with Crippen molar-refractivity contribution in [3.8, 4) is 12.3 Å². The molecule has 0 saturated carbocycles. The second-order valence-corrected chi connectivity index (χ2v) is 11.9. The summed E-state index contributed by atoms with van der Waals surface area (Å²) in [6.45, 7) is 15.5. The zero-order chi connectivity index (χ0) is 14.9. The average molecular weight is 284 g/mol. The van der Waals surface area contributed by atoms with Gasteiger partial charge in [0, 0.05) is 6.42 Å². The summed E-state index contributed by atoms with van der Waals surface area (Å²) in [7, 11) is -1.85. The van der Waals surface area contributed by atoms with E-state index in [-0.39, 0.29) is 17.2 Å². The van der Waals surface area contributed by atoms with Crippen molar-refractivity contribution in [1.82, 2.24) is 0 Å². The zero-order valence-electron chi connectivity index (χ0n) is 13.4. The van der Waals surface area contributed by atoms with Crippen LogP contribution in [-0.2, 0) is 13.9 Å². The third kappa shape index (κ3) is 4.32. The predicted octanol–water partition coefficient (Wildman–Crippen LogP) is 3.55. The van der Waals surface area contributed by atoms with Gasteiger partial charge in [-0.15, -0.1) is 12.3 Å². The molecule has 0 bridgehead atoms. The van der Waals surface area contributed by atoms with Gasteiger partial charge in [0.1, 0.15) is 6.10 Å². The van der Waals surface area contributed by atoms with Crippen molar-refractivity contribution in [1.29, 1.82) is 0 Å². The number of rotatable bonds is 4. The first-order valence-electron chi connectivity index (χ1n) is 6.91. The standard InChI is InChI=1S/C15H28O3Si/c1-9-10-12(13-11-16-15(5,6)17-13)18-19(7,8)14(2,3)4/h1,12-13H,10-11H2,2-8H3/t12-,13-/m1/s1. The minimum Gasteiger partial charge on any atom is -0.410 e. The maximum absolute atomic E-state index is 6.41. The van der Waals surface area contributed by atoms with Crippen molar-refractivity contribution < 1.29 is 13.9 Å². The van der Waals surface area contributed by atoms with Crippen LogP contribution < -0.4 is 0 Å². The molecule has 0 aromatic heterocycles. The van der Waals surface area contributed by atoms with Gasteiger partial charge in [0.2, 0.25) is 0 Å². The minimum absolute atomic E-state index is 0.0693. The molecule has 0 spiro atoms. The van der Waals surface area contributed by atoms with Crippen LogP contribution in [0.3, 0.4) is 0 Å². The first-order valence-corrected chi connectivity index (χ1v) is 9.82. The third-order valence-corrected chi connectivity index (χ3v) is 8.52. The summed E-state index contributed by atoms with van der Waals surface area (Å²) in [6.07, 6.45) is 5.90. The normalized spacial score (nSPS) is 25.1. The fraction of sp³-hybridized carbons (Fsp3) is 0.867. The molecule has 0 aromatic rings. The fourth-order valence-corrected chi connectivity index (χ4v) is 3.16. The lowest BCUT2D eigenvalue weighted by molar-refractivity contribution is -0.149. The van der Waals surface area contributed by atoms with Crippen LogP contribution in [-0.4, -0.2) is 32.9 Å². The maximum atomic E-state index is 6.41. The molecule has 1 aliphatic heterocycles. The minimum atomic E-state index is -1.85. The summed E-state index contributed by atoms with van der Waals surface area (Å²) in [6, 6.07) is 0. The van der Waals surface area contributed by atoms with Crippen molar-refractivity contribution in [3.63, 3.8) is 0 Å². The van der Waals surface area contributed by atoms with E-state index in [0.29, 0.717) is 13.0 Å². The lowest BCUT2D eigenvalue weighted by Crippen LogP contribution is -2.47. The van der Waals surface area contributed by atoms with Gasteiger partial charge in [-0.3, -0.25) is 0 Å². The number of hydrogen-bond donors (Lipinski definition) is 0. The Hall–Kier alpha value is -0.343. The molecule has 0 aromatic carbocycles. The van der Waals surface area contributed by atoms with E-state index in [4.69, 9.17) is 20.3 Å². The third-order valence-electron chi connectivity index (χ3n) is 4.02. The Morgan fingerprint density at radius 3 is 2.37 bits per heavy atom. The van der Waals surface area contributed by atoms with Gasteiger partial charge in [-0.1, -0.05) is 20.8 Å². The quantitative estimate of drug-likeness (QED) is 0.583. The lowest BCUT2D eigenvalue weighted by Gasteiger charge is -2.40. The Kier molecular flexibility index (Phi) is 4.90. The lowest BCUT2D eigenvalue weighted by atomic mass is 10.1.